The summed E-state index contributed by atoms with van der Waals surface area (Å²) in [5.74, 6) is -0.482. The number of primary sulfonamides is 2. The number of ketones is 1. The first-order chi connectivity index (χ1) is 9.09. The lowest BCUT2D eigenvalue weighted by Gasteiger charge is -1.93. The molecular weight excluding hydrogens is 344 g/mol. The summed E-state index contributed by atoms with van der Waals surface area (Å²) in [6, 6.07) is 5.09. The molecular formula is C9H8N2O5S4. The van der Waals surface area contributed by atoms with Gasteiger partial charge in [0, 0.05) is 0 Å². The van der Waals surface area contributed by atoms with E-state index in [1.54, 1.807) is 0 Å². The Morgan fingerprint density at radius 3 is 1.40 bits per heavy atom. The van der Waals surface area contributed by atoms with Gasteiger partial charge < -0.3 is 0 Å². The van der Waals surface area contributed by atoms with Gasteiger partial charge in [-0.3, -0.25) is 4.79 Å². The summed E-state index contributed by atoms with van der Waals surface area (Å²) in [7, 11) is -7.72. The van der Waals surface area contributed by atoms with E-state index in [0.717, 1.165) is 22.7 Å². The van der Waals surface area contributed by atoms with E-state index in [9.17, 15) is 21.6 Å². The number of sulfonamides is 2. The van der Waals surface area contributed by atoms with Crippen LogP contribution in [0.4, 0.5) is 0 Å². The van der Waals surface area contributed by atoms with Crippen LogP contribution < -0.4 is 10.3 Å². The summed E-state index contributed by atoms with van der Waals surface area (Å²) in [5.41, 5.74) is 0. The molecule has 0 aromatic carbocycles. The molecule has 0 aliphatic rings. The van der Waals surface area contributed by atoms with E-state index >= 15 is 0 Å². The zero-order chi connectivity index (χ0) is 15.1. The second kappa shape index (κ2) is 5.02. The van der Waals surface area contributed by atoms with Crippen molar-refractivity contribution in [3.8, 4) is 0 Å². The van der Waals surface area contributed by atoms with Crippen molar-refractivity contribution in [2.45, 2.75) is 8.42 Å². The Bertz CT molecular complexity index is 803. The third kappa shape index (κ3) is 3.13. The molecule has 0 amide bonds. The first-order valence-electron chi connectivity index (χ1n) is 4.89. The fraction of sp³-hybridized carbons (Fsp3) is 0. The molecule has 0 radical (unpaired) electrons. The highest BCUT2D eigenvalue weighted by atomic mass is 32.3. The molecule has 0 saturated carbocycles. The van der Waals surface area contributed by atoms with Crippen molar-refractivity contribution in [3.05, 3.63) is 34.0 Å². The number of thiophene rings is 2. The fourth-order valence-corrected chi connectivity index (χ4v) is 4.74. The van der Waals surface area contributed by atoms with Crippen molar-refractivity contribution in [2.75, 3.05) is 0 Å². The molecule has 0 saturated heterocycles. The van der Waals surface area contributed by atoms with Crippen LogP contribution in [-0.4, -0.2) is 22.6 Å². The molecule has 0 bridgehead atoms. The Kier molecular flexibility index (Phi) is 3.83. The Balaban J connectivity index is 2.37. The maximum atomic E-state index is 12.1. The average Bonchev–Trinajstić information content (AvgIpc) is 2.96. The van der Waals surface area contributed by atoms with E-state index in [4.69, 9.17) is 10.3 Å². The maximum Gasteiger partial charge on any atom is 0.247 e. The minimum Gasteiger partial charge on any atom is -0.287 e. The Morgan fingerprint density at radius 2 is 1.15 bits per heavy atom. The normalized spacial score (nSPS) is 12.5. The minimum absolute atomic E-state index is 0.135. The summed E-state index contributed by atoms with van der Waals surface area (Å²) >= 11 is 1.45. The standard InChI is InChI=1S/C9H8N2O5S4/c10-19(13,14)7-3-1-5(17-7)9(12)6-2-4-8(18-6)20(11,15)16/h1-4H,(H2,10,13,14)(H2,11,15,16). The molecule has 0 aliphatic heterocycles. The summed E-state index contributed by atoms with van der Waals surface area (Å²) in [6.45, 7) is 0. The average molecular weight is 352 g/mol. The van der Waals surface area contributed by atoms with Crippen LogP contribution in [0, 0.1) is 0 Å². The fourth-order valence-electron chi connectivity index (χ4n) is 1.31. The van der Waals surface area contributed by atoms with E-state index in [-0.39, 0.29) is 18.2 Å². The lowest BCUT2D eigenvalue weighted by Crippen LogP contribution is -2.10. The molecule has 0 spiro atoms. The second-order valence-corrected chi connectivity index (χ2v) is 9.40. The molecule has 11 heteroatoms. The van der Waals surface area contributed by atoms with E-state index in [2.05, 4.69) is 0 Å². The molecule has 0 aliphatic carbocycles. The number of rotatable bonds is 4. The molecule has 7 nitrogen and oxygen atoms in total. The minimum atomic E-state index is -3.86. The van der Waals surface area contributed by atoms with Gasteiger partial charge in [-0.25, -0.2) is 27.1 Å². The first-order valence-corrected chi connectivity index (χ1v) is 9.61. The van der Waals surface area contributed by atoms with Crippen LogP contribution in [0.15, 0.2) is 32.7 Å². The van der Waals surface area contributed by atoms with Crippen molar-refractivity contribution >= 4 is 48.5 Å². The van der Waals surface area contributed by atoms with Gasteiger partial charge in [0.1, 0.15) is 8.42 Å². The zero-order valence-corrected chi connectivity index (χ0v) is 12.9. The molecule has 108 valence electrons. The van der Waals surface area contributed by atoms with Crippen LogP contribution >= 0.6 is 22.7 Å². The summed E-state index contributed by atoms with van der Waals surface area (Å²) < 4.78 is 44.2. The molecule has 0 atom stereocenters. The third-order valence-corrected chi connectivity index (χ3v) is 7.22. The van der Waals surface area contributed by atoms with E-state index in [1.165, 1.54) is 24.3 Å². The summed E-state index contributed by atoms with van der Waals surface area (Å²) in [4.78, 5) is 12.4. The van der Waals surface area contributed by atoms with Crippen molar-refractivity contribution in [3.63, 3.8) is 0 Å². The molecule has 2 heterocycles. The predicted octanol–water partition coefficient (Wildman–Crippen LogP) is 0.335. The highest BCUT2D eigenvalue weighted by Crippen LogP contribution is 2.27. The Labute approximate surface area is 122 Å². The quantitative estimate of drug-likeness (QED) is 0.764. The third-order valence-electron chi connectivity index (χ3n) is 2.17. The smallest absolute Gasteiger partial charge is 0.247 e. The van der Waals surface area contributed by atoms with Gasteiger partial charge in [-0.2, -0.15) is 0 Å². The summed E-state index contributed by atoms with van der Waals surface area (Å²) in [5, 5.41) is 9.90. The van der Waals surface area contributed by atoms with Crippen molar-refractivity contribution < 1.29 is 21.6 Å². The molecule has 2 rings (SSSR count). The first kappa shape index (κ1) is 15.3. The number of carbonyl (C=O) groups is 1. The van der Waals surface area contributed by atoms with Gasteiger partial charge in [-0.1, -0.05) is 0 Å². The number of hydrogen-bond donors (Lipinski definition) is 2. The van der Waals surface area contributed by atoms with Gasteiger partial charge in [0.05, 0.1) is 9.75 Å². The lowest BCUT2D eigenvalue weighted by molar-refractivity contribution is 0.104. The second-order valence-electron chi connectivity index (χ2n) is 3.66. The van der Waals surface area contributed by atoms with Crippen LogP contribution in [0.1, 0.15) is 14.5 Å². The van der Waals surface area contributed by atoms with Crippen molar-refractivity contribution in [2.24, 2.45) is 10.3 Å². The van der Waals surface area contributed by atoms with Crippen molar-refractivity contribution in [1.82, 2.24) is 0 Å². The summed E-state index contributed by atoms with van der Waals surface area (Å²) in [6.07, 6.45) is 0. The highest BCUT2D eigenvalue weighted by molar-refractivity contribution is 7.91. The van der Waals surface area contributed by atoms with Gasteiger partial charge in [0.2, 0.25) is 25.8 Å². The van der Waals surface area contributed by atoms with Gasteiger partial charge in [0.15, 0.2) is 0 Å². The molecule has 0 fully saturated rings. The number of hydrogen-bond acceptors (Lipinski definition) is 7. The largest absolute Gasteiger partial charge is 0.287 e. The van der Waals surface area contributed by atoms with Crippen LogP contribution in [0.25, 0.3) is 0 Å². The molecule has 4 N–H and O–H groups in total. The molecule has 20 heavy (non-hydrogen) atoms. The Hall–Kier alpha value is -1.11. The van der Waals surface area contributed by atoms with Crippen molar-refractivity contribution in [1.29, 1.82) is 0 Å². The number of carbonyl (C=O) groups excluding carboxylic acids is 1. The van der Waals surface area contributed by atoms with E-state index in [0.29, 0.717) is 0 Å². The monoisotopic (exact) mass is 352 g/mol. The van der Waals surface area contributed by atoms with Crippen LogP contribution in [0.2, 0.25) is 0 Å². The van der Waals surface area contributed by atoms with Gasteiger partial charge in [0.25, 0.3) is 0 Å². The van der Waals surface area contributed by atoms with Crippen LogP contribution in [0.3, 0.4) is 0 Å². The van der Waals surface area contributed by atoms with E-state index < -0.39 is 25.8 Å². The SMILES string of the molecule is NS(=O)(=O)c1ccc(C(=O)c2ccc(S(N)(=O)=O)s2)s1. The van der Waals surface area contributed by atoms with Gasteiger partial charge in [-0.15, -0.1) is 22.7 Å². The lowest BCUT2D eigenvalue weighted by atomic mass is 10.3. The van der Waals surface area contributed by atoms with E-state index in [1.807, 2.05) is 0 Å². The van der Waals surface area contributed by atoms with Gasteiger partial charge >= 0.3 is 0 Å². The zero-order valence-electron chi connectivity index (χ0n) is 9.64. The maximum absolute atomic E-state index is 12.1. The number of nitrogens with two attached hydrogens (primary N) is 2. The highest BCUT2D eigenvalue weighted by Gasteiger charge is 2.20. The van der Waals surface area contributed by atoms with Gasteiger partial charge in [-0.05, 0) is 24.3 Å². The molecule has 2 aromatic rings. The Morgan fingerprint density at radius 1 is 0.800 bits per heavy atom. The predicted molar refractivity (Wildman–Crippen MR) is 74.8 cm³/mol. The van der Waals surface area contributed by atoms with Crippen LogP contribution in [-0.2, 0) is 20.0 Å². The topological polar surface area (TPSA) is 137 Å². The molecule has 2 aromatic heterocycles. The molecule has 0 unspecified atom stereocenters. The van der Waals surface area contributed by atoms with Crippen LogP contribution in [0.5, 0.6) is 0 Å².